The van der Waals surface area contributed by atoms with E-state index < -0.39 is 18.0 Å². The van der Waals surface area contributed by atoms with Crippen molar-refractivity contribution in [3.63, 3.8) is 0 Å². The van der Waals surface area contributed by atoms with E-state index in [1.165, 1.54) is 0 Å². The lowest BCUT2D eigenvalue weighted by molar-refractivity contribution is -0.138. The molecular weight excluding hydrogens is 210 g/mol. The first-order valence-electron chi connectivity index (χ1n) is 5.53. The summed E-state index contributed by atoms with van der Waals surface area (Å²) in [6.45, 7) is 0. The van der Waals surface area contributed by atoms with E-state index >= 15 is 0 Å². The van der Waals surface area contributed by atoms with E-state index in [2.05, 4.69) is 5.32 Å². The summed E-state index contributed by atoms with van der Waals surface area (Å²) in [6, 6.07) is -0.252. The van der Waals surface area contributed by atoms with Crippen molar-refractivity contribution in [3.05, 3.63) is 12.2 Å². The van der Waals surface area contributed by atoms with Crippen molar-refractivity contribution in [2.24, 2.45) is 5.92 Å². The van der Waals surface area contributed by atoms with Crippen LogP contribution in [0.15, 0.2) is 12.2 Å². The number of hydrogen-bond acceptors (Lipinski definition) is 3. The number of allylic oxidation sites excluding steroid dienone is 1. The van der Waals surface area contributed by atoms with Crippen molar-refractivity contribution < 1.29 is 19.4 Å². The third kappa shape index (κ3) is 2.74. The lowest BCUT2D eigenvalue weighted by Crippen LogP contribution is -2.32. The van der Waals surface area contributed by atoms with Gasteiger partial charge in [-0.05, 0) is 31.8 Å². The molecule has 0 aromatic heterocycles. The van der Waals surface area contributed by atoms with Crippen molar-refractivity contribution in [2.45, 2.75) is 37.8 Å². The quantitative estimate of drug-likeness (QED) is 0.710. The first kappa shape index (κ1) is 11.0. The fourth-order valence-corrected chi connectivity index (χ4v) is 1.83. The zero-order valence-electron chi connectivity index (χ0n) is 8.89. The number of rotatable bonds is 3. The molecule has 1 saturated carbocycles. The fraction of sp³-hybridized carbons (Fsp3) is 0.636. The Labute approximate surface area is 93.5 Å². The molecule has 2 N–H and O–H groups in total. The van der Waals surface area contributed by atoms with Gasteiger partial charge in [-0.3, -0.25) is 4.79 Å². The molecule has 88 valence electrons. The van der Waals surface area contributed by atoms with E-state index in [1.807, 2.05) is 12.2 Å². The van der Waals surface area contributed by atoms with Crippen LogP contribution in [0.3, 0.4) is 0 Å². The van der Waals surface area contributed by atoms with Gasteiger partial charge in [-0.1, -0.05) is 6.08 Å². The van der Waals surface area contributed by atoms with Gasteiger partial charge >= 0.3 is 12.1 Å². The summed E-state index contributed by atoms with van der Waals surface area (Å²) in [5.74, 6) is -1.29. The highest BCUT2D eigenvalue weighted by Crippen LogP contribution is 2.30. The predicted octanol–water partition coefficient (Wildman–Crippen LogP) is 1.29. The molecule has 3 atom stereocenters. The van der Waals surface area contributed by atoms with Crippen molar-refractivity contribution in [3.8, 4) is 0 Å². The van der Waals surface area contributed by atoms with Gasteiger partial charge in [0.1, 0.15) is 6.10 Å². The summed E-state index contributed by atoms with van der Waals surface area (Å²) < 4.78 is 5.14. The van der Waals surface area contributed by atoms with Crippen LogP contribution in [0.5, 0.6) is 0 Å². The molecule has 2 aliphatic carbocycles. The van der Waals surface area contributed by atoms with E-state index in [1.54, 1.807) is 0 Å². The molecule has 5 nitrogen and oxygen atoms in total. The number of hydrogen-bond donors (Lipinski definition) is 2. The molecule has 1 amide bonds. The molecule has 5 heteroatoms. The fourth-order valence-electron chi connectivity index (χ4n) is 1.83. The SMILES string of the molecule is O=C(N[C@H]1C[C@@H]1C(=O)O)OC1C=CCCC1. The van der Waals surface area contributed by atoms with Gasteiger partial charge in [-0.25, -0.2) is 4.79 Å². The topological polar surface area (TPSA) is 75.6 Å². The smallest absolute Gasteiger partial charge is 0.407 e. The lowest BCUT2D eigenvalue weighted by Gasteiger charge is -2.17. The number of carboxylic acids is 1. The van der Waals surface area contributed by atoms with Crippen LogP contribution in [0.25, 0.3) is 0 Å². The van der Waals surface area contributed by atoms with Gasteiger partial charge < -0.3 is 15.2 Å². The highest BCUT2D eigenvalue weighted by atomic mass is 16.6. The standard InChI is InChI=1S/C11H15NO4/c13-10(14)8-6-9(8)12-11(15)16-7-4-2-1-3-5-7/h2,4,7-9H,1,3,5-6H2,(H,12,15)(H,13,14)/t7?,8-,9-/m0/s1. The Bertz CT molecular complexity index is 326. The van der Waals surface area contributed by atoms with Gasteiger partial charge in [0.05, 0.1) is 5.92 Å². The minimum Gasteiger partial charge on any atom is -0.481 e. The maximum absolute atomic E-state index is 11.4. The van der Waals surface area contributed by atoms with Gasteiger partial charge in [0.2, 0.25) is 0 Å². The Hall–Kier alpha value is -1.52. The molecule has 1 fully saturated rings. The molecule has 0 aromatic rings. The van der Waals surface area contributed by atoms with Crippen LogP contribution in [0.4, 0.5) is 4.79 Å². The molecule has 2 rings (SSSR count). The second kappa shape index (κ2) is 4.55. The van der Waals surface area contributed by atoms with Crippen LogP contribution in [0.1, 0.15) is 25.7 Å². The summed E-state index contributed by atoms with van der Waals surface area (Å²) in [6.07, 6.45) is 6.62. The molecule has 16 heavy (non-hydrogen) atoms. The molecule has 0 spiro atoms. The monoisotopic (exact) mass is 225 g/mol. The number of amides is 1. The Morgan fingerprint density at radius 1 is 1.44 bits per heavy atom. The van der Waals surface area contributed by atoms with Crippen LogP contribution in [0.2, 0.25) is 0 Å². The number of nitrogens with one attached hydrogen (secondary N) is 1. The number of alkyl carbamates (subject to hydrolysis) is 1. The molecular formula is C11H15NO4. The van der Waals surface area contributed by atoms with Crippen LogP contribution >= 0.6 is 0 Å². The van der Waals surface area contributed by atoms with Crippen molar-refractivity contribution in [1.82, 2.24) is 5.32 Å². The Kier molecular flexibility index (Phi) is 3.12. The average molecular weight is 225 g/mol. The van der Waals surface area contributed by atoms with Gasteiger partial charge in [0.25, 0.3) is 0 Å². The molecule has 1 unspecified atom stereocenters. The summed E-state index contributed by atoms with van der Waals surface area (Å²) in [4.78, 5) is 21.9. The number of carbonyl (C=O) groups excluding carboxylic acids is 1. The van der Waals surface area contributed by atoms with E-state index in [-0.39, 0.29) is 12.1 Å². The molecule has 2 aliphatic rings. The van der Waals surface area contributed by atoms with Crippen molar-refractivity contribution in [1.29, 1.82) is 0 Å². The van der Waals surface area contributed by atoms with Crippen LogP contribution in [-0.4, -0.2) is 29.3 Å². The first-order chi connectivity index (χ1) is 7.66. The molecule has 0 heterocycles. The number of carboxylic acid groups (broad SMARTS) is 1. The molecule has 0 radical (unpaired) electrons. The van der Waals surface area contributed by atoms with Crippen LogP contribution in [-0.2, 0) is 9.53 Å². The largest absolute Gasteiger partial charge is 0.481 e. The average Bonchev–Trinajstić information content (AvgIpc) is 2.98. The van der Waals surface area contributed by atoms with E-state index in [0.29, 0.717) is 6.42 Å². The Balaban J connectivity index is 1.71. The highest BCUT2D eigenvalue weighted by molar-refractivity contribution is 5.77. The zero-order valence-corrected chi connectivity index (χ0v) is 8.89. The summed E-state index contributed by atoms with van der Waals surface area (Å²) in [7, 11) is 0. The van der Waals surface area contributed by atoms with Crippen LogP contribution in [0, 0.1) is 5.92 Å². The third-order valence-electron chi connectivity index (χ3n) is 2.88. The zero-order chi connectivity index (χ0) is 11.5. The van der Waals surface area contributed by atoms with Gasteiger partial charge in [-0.15, -0.1) is 0 Å². The van der Waals surface area contributed by atoms with E-state index in [4.69, 9.17) is 9.84 Å². The van der Waals surface area contributed by atoms with E-state index in [0.717, 1.165) is 19.3 Å². The molecule has 0 saturated heterocycles. The highest BCUT2D eigenvalue weighted by Gasteiger charge is 2.44. The lowest BCUT2D eigenvalue weighted by atomic mass is 10.1. The van der Waals surface area contributed by atoms with Gasteiger partial charge in [0.15, 0.2) is 0 Å². The number of ether oxygens (including phenoxy) is 1. The summed E-state index contributed by atoms with van der Waals surface area (Å²) in [5.41, 5.74) is 0. The maximum Gasteiger partial charge on any atom is 0.407 e. The van der Waals surface area contributed by atoms with E-state index in [9.17, 15) is 9.59 Å². The van der Waals surface area contributed by atoms with Crippen LogP contribution < -0.4 is 5.32 Å². The number of aliphatic carboxylic acids is 1. The number of carbonyl (C=O) groups is 2. The minimum absolute atomic E-state index is 0.157. The third-order valence-corrected chi connectivity index (χ3v) is 2.88. The molecule has 0 aliphatic heterocycles. The van der Waals surface area contributed by atoms with Gasteiger partial charge in [0, 0.05) is 6.04 Å². The second-order valence-corrected chi connectivity index (χ2v) is 4.23. The summed E-state index contributed by atoms with van der Waals surface area (Å²) in [5, 5.41) is 11.2. The maximum atomic E-state index is 11.4. The predicted molar refractivity (Wildman–Crippen MR) is 55.9 cm³/mol. The minimum atomic E-state index is -0.858. The summed E-state index contributed by atoms with van der Waals surface area (Å²) >= 11 is 0. The molecule has 0 aromatic carbocycles. The van der Waals surface area contributed by atoms with Crippen molar-refractivity contribution >= 4 is 12.1 Å². The Morgan fingerprint density at radius 2 is 2.25 bits per heavy atom. The first-order valence-corrected chi connectivity index (χ1v) is 5.53. The Morgan fingerprint density at radius 3 is 2.81 bits per heavy atom. The van der Waals surface area contributed by atoms with Gasteiger partial charge in [-0.2, -0.15) is 0 Å². The molecule has 0 bridgehead atoms. The normalized spacial score (nSPS) is 31.9. The second-order valence-electron chi connectivity index (χ2n) is 4.23. The van der Waals surface area contributed by atoms with Crippen molar-refractivity contribution in [2.75, 3.05) is 0 Å².